The molecule has 1 N–H and O–H groups in total. The molecule has 0 radical (unpaired) electrons. The molecule has 0 spiro atoms. The van der Waals surface area contributed by atoms with Gasteiger partial charge in [0.1, 0.15) is 5.69 Å². The number of carbonyl (C=O) groups is 1. The van der Waals surface area contributed by atoms with Gasteiger partial charge in [0.15, 0.2) is 0 Å². The average molecular weight is 269 g/mol. The van der Waals surface area contributed by atoms with Crippen LogP contribution in [-0.2, 0) is 4.74 Å². The number of hydrogen-bond donors (Lipinski definition) is 1. The van der Waals surface area contributed by atoms with Crippen LogP contribution in [0.4, 0.5) is 0 Å². The lowest BCUT2D eigenvalue weighted by Gasteiger charge is -2.33. The number of carbonyl (C=O) groups excluding carboxylic acids is 1. The van der Waals surface area contributed by atoms with Crippen LogP contribution >= 0.6 is 11.6 Å². The highest BCUT2D eigenvalue weighted by Gasteiger charge is 2.27. The minimum absolute atomic E-state index is 0.118. The Balaban J connectivity index is 1.92. The second-order valence-electron chi connectivity index (χ2n) is 4.97. The normalized spacial score (nSPS) is 18.3. The number of pyridine rings is 1. The number of nitrogens with zero attached hydrogens (tertiary/aromatic N) is 1. The molecular formula is C13H17ClN2O2. The number of nitrogens with one attached hydrogen (secondary N) is 1. The molecule has 2 heterocycles. The van der Waals surface area contributed by atoms with Crippen molar-refractivity contribution in [3.63, 3.8) is 0 Å². The molecule has 1 aromatic heterocycles. The van der Waals surface area contributed by atoms with Crippen molar-refractivity contribution in [1.82, 2.24) is 10.3 Å². The molecule has 0 bridgehead atoms. The van der Waals surface area contributed by atoms with Gasteiger partial charge in [-0.2, -0.15) is 0 Å². The van der Waals surface area contributed by atoms with Gasteiger partial charge in [-0.05, 0) is 30.4 Å². The van der Waals surface area contributed by atoms with Crippen LogP contribution in [0.25, 0.3) is 0 Å². The summed E-state index contributed by atoms with van der Waals surface area (Å²) in [6.07, 6.45) is 3.47. The lowest BCUT2D eigenvalue weighted by Crippen LogP contribution is -2.39. The van der Waals surface area contributed by atoms with Crippen molar-refractivity contribution in [2.24, 2.45) is 5.41 Å². The van der Waals surface area contributed by atoms with Gasteiger partial charge in [-0.3, -0.25) is 9.78 Å². The molecule has 0 aromatic carbocycles. The summed E-state index contributed by atoms with van der Waals surface area (Å²) >= 11 is 5.83. The van der Waals surface area contributed by atoms with Crippen molar-refractivity contribution >= 4 is 17.5 Å². The maximum absolute atomic E-state index is 11.9. The van der Waals surface area contributed by atoms with E-state index in [2.05, 4.69) is 17.2 Å². The number of hydrogen-bond acceptors (Lipinski definition) is 3. The predicted octanol–water partition coefficient (Wildman–Crippen LogP) is 2.28. The maximum atomic E-state index is 11.9. The van der Waals surface area contributed by atoms with Gasteiger partial charge in [-0.25, -0.2) is 0 Å². The van der Waals surface area contributed by atoms with E-state index in [1.54, 1.807) is 12.1 Å². The number of halogens is 1. The van der Waals surface area contributed by atoms with Gasteiger partial charge in [0, 0.05) is 31.0 Å². The molecule has 1 aliphatic heterocycles. The van der Waals surface area contributed by atoms with E-state index < -0.39 is 0 Å². The first-order valence-corrected chi connectivity index (χ1v) is 6.44. The highest BCUT2D eigenvalue weighted by Crippen LogP contribution is 2.28. The Hall–Kier alpha value is -1.13. The zero-order valence-corrected chi connectivity index (χ0v) is 11.2. The van der Waals surface area contributed by atoms with E-state index >= 15 is 0 Å². The zero-order valence-electron chi connectivity index (χ0n) is 10.4. The molecule has 1 aliphatic rings. The standard InChI is InChI=1S/C13H17ClN2O2/c1-13(3-6-18-7-4-13)9-16-12(17)11-8-10(14)2-5-15-11/h2,5,8H,3-4,6-7,9H2,1H3,(H,16,17). The van der Waals surface area contributed by atoms with Crippen molar-refractivity contribution in [2.75, 3.05) is 19.8 Å². The van der Waals surface area contributed by atoms with Crippen LogP contribution in [0.15, 0.2) is 18.3 Å². The molecule has 98 valence electrons. The molecule has 4 nitrogen and oxygen atoms in total. The van der Waals surface area contributed by atoms with Crippen molar-refractivity contribution in [3.8, 4) is 0 Å². The monoisotopic (exact) mass is 268 g/mol. The van der Waals surface area contributed by atoms with E-state index in [-0.39, 0.29) is 11.3 Å². The fourth-order valence-corrected chi connectivity index (χ4v) is 2.11. The second kappa shape index (κ2) is 5.67. The number of amides is 1. The Kier molecular flexibility index (Phi) is 4.19. The van der Waals surface area contributed by atoms with Crippen LogP contribution in [0.5, 0.6) is 0 Å². The first-order valence-electron chi connectivity index (χ1n) is 6.07. The van der Waals surface area contributed by atoms with E-state index in [4.69, 9.17) is 16.3 Å². The van der Waals surface area contributed by atoms with E-state index in [1.165, 1.54) is 6.20 Å². The summed E-state index contributed by atoms with van der Waals surface area (Å²) in [5, 5.41) is 3.44. The number of rotatable bonds is 3. The Morgan fingerprint density at radius 3 is 2.94 bits per heavy atom. The lowest BCUT2D eigenvalue weighted by atomic mass is 9.82. The molecule has 1 amide bonds. The second-order valence-corrected chi connectivity index (χ2v) is 5.40. The Morgan fingerprint density at radius 1 is 1.56 bits per heavy atom. The van der Waals surface area contributed by atoms with E-state index in [0.29, 0.717) is 17.3 Å². The van der Waals surface area contributed by atoms with Gasteiger partial charge < -0.3 is 10.1 Å². The van der Waals surface area contributed by atoms with Gasteiger partial charge in [-0.1, -0.05) is 18.5 Å². The van der Waals surface area contributed by atoms with Crippen LogP contribution in [0.2, 0.25) is 5.02 Å². The molecular weight excluding hydrogens is 252 g/mol. The largest absolute Gasteiger partial charge is 0.381 e. The fraction of sp³-hybridized carbons (Fsp3) is 0.538. The molecule has 18 heavy (non-hydrogen) atoms. The molecule has 0 unspecified atom stereocenters. The third-order valence-electron chi connectivity index (χ3n) is 3.33. The molecule has 5 heteroatoms. The summed E-state index contributed by atoms with van der Waals surface area (Å²) in [4.78, 5) is 15.9. The fourth-order valence-electron chi connectivity index (χ4n) is 1.95. The molecule has 2 rings (SSSR count). The third-order valence-corrected chi connectivity index (χ3v) is 3.57. The Morgan fingerprint density at radius 2 is 2.28 bits per heavy atom. The minimum Gasteiger partial charge on any atom is -0.381 e. The van der Waals surface area contributed by atoms with Crippen LogP contribution in [-0.4, -0.2) is 30.6 Å². The van der Waals surface area contributed by atoms with Gasteiger partial charge in [-0.15, -0.1) is 0 Å². The van der Waals surface area contributed by atoms with Crippen molar-refractivity contribution in [3.05, 3.63) is 29.0 Å². The smallest absolute Gasteiger partial charge is 0.269 e. The summed E-state index contributed by atoms with van der Waals surface area (Å²) in [5.41, 5.74) is 0.477. The quantitative estimate of drug-likeness (QED) is 0.915. The van der Waals surface area contributed by atoms with Gasteiger partial charge in [0.2, 0.25) is 0 Å². The molecule has 0 aliphatic carbocycles. The Labute approximate surface area is 112 Å². The van der Waals surface area contributed by atoms with Gasteiger partial charge >= 0.3 is 0 Å². The number of aromatic nitrogens is 1. The molecule has 1 fully saturated rings. The van der Waals surface area contributed by atoms with Gasteiger partial charge in [0.05, 0.1) is 0 Å². The maximum Gasteiger partial charge on any atom is 0.269 e. The predicted molar refractivity (Wildman–Crippen MR) is 69.7 cm³/mol. The average Bonchev–Trinajstić information content (AvgIpc) is 2.37. The molecule has 0 atom stereocenters. The van der Waals surface area contributed by atoms with Crippen LogP contribution in [0.1, 0.15) is 30.3 Å². The van der Waals surface area contributed by atoms with Crippen LogP contribution < -0.4 is 5.32 Å². The van der Waals surface area contributed by atoms with E-state index in [1.807, 2.05) is 0 Å². The molecule has 0 saturated carbocycles. The summed E-state index contributed by atoms with van der Waals surface area (Å²) in [6.45, 7) is 4.34. The van der Waals surface area contributed by atoms with E-state index in [9.17, 15) is 4.79 Å². The zero-order chi connectivity index (χ0) is 13.0. The van der Waals surface area contributed by atoms with Gasteiger partial charge in [0.25, 0.3) is 5.91 Å². The summed E-state index contributed by atoms with van der Waals surface area (Å²) in [5.74, 6) is -0.176. The van der Waals surface area contributed by atoms with Crippen molar-refractivity contribution < 1.29 is 9.53 Å². The summed E-state index contributed by atoms with van der Waals surface area (Å²) in [7, 11) is 0. The first-order chi connectivity index (χ1) is 8.59. The lowest BCUT2D eigenvalue weighted by molar-refractivity contribution is 0.0238. The first kappa shape index (κ1) is 13.3. The van der Waals surface area contributed by atoms with E-state index in [0.717, 1.165) is 26.1 Å². The highest BCUT2D eigenvalue weighted by molar-refractivity contribution is 6.30. The van der Waals surface area contributed by atoms with Crippen molar-refractivity contribution in [2.45, 2.75) is 19.8 Å². The Bertz CT molecular complexity index is 431. The molecule has 1 aromatic rings. The van der Waals surface area contributed by atoms with Crippen molar-refractivity contribution in [1.29, 1.82) is 0 Å². The highest BCUT2D eigenvalue weighted by atomic mass is 35.5. The van der Waals surface area contributed by atoms with Crippen LogP contribution in [0, 0.1) is 5.41 Å². The summed E-state index contributed by atoms with van der Waals surface area (Å²) < 4.78 is 5.33. The van der Waals surface area contributed by atoms with Crippen LogP contribution in [0.3, 0.4) is 0 Å². The SMILES string of the molecule is CC1(CNC(=O)c2cc(Cl)ccn2)CCOCC1. The topological polar surface area (TPSA) is 51.2 Å². The minimum atomic E-state index is -0.176. The summed E-state index contributed by atoms with van der Waals surface area (Å²) in [6, 6.07) is 3.22. The molecule has 1 saturated heterocycles. The third kappa shape index (κ3) is 3.43. The number of ether oxygens (including phenoxy) is 1.